The number of anilines is 2. The van der Waals surface area contributed by atoms with Crippen LogP contribution in [0.2, 0.25) is 0 Å². The maximum atomic E-state index is 12.6. The summed E-state index contributed by atoms with van der Waals surface area (Å²) in [6.07, 6.45) is 0. The van der Waals surface area contributed by atoms with Crippen molar-refractivity contribution in [1.82, 2.24) is 0 Å². The number of hydrogen-bond acceptors (Lipinski definition) is 4. The molecule has 1 aliphatic rings. The maximum Gasteiger partial charge on any atom is 0.266 e. The molecule has 0 unspecified atom stereocenters. The van der Waals surface area contributed by atoms with Gasteiger partial charge in [-0.15, -0.1) is 0 Å². The Morgan fingerprint density at radius 1 is 1.04 bits per heavy atom. The van der Waals surface area contributed by atoms with E-state index in [-0.39, 0.29) is 18.4 Å². The summed E-state index contributed by atoms with van der Waals surface area (Å²) in [6.45, 7) is 5.29. The van der Waals surface area contributed by atoms with Gasteiger partial charge in [0.25, 0.3) is 11.8 Å². The highest BCUT2D eigenvalue weighted by Crippen LogP contribution is 2.32. The summed E-state index contributed by atoms with van der Waals surface area (Å²) in [7, 11) is 0. The molecule has 0 aliphatic carbocycles. The topological polar surface area (TPSA) is 60.9 Å². The molecule has 0 aromatic heterocycles. The van der Waals surface area contributed by atoms with Crippen molar-refractivity contribution in [1.29, 1.82) is 0 Å². The Morgan fingerprint density at radius 2 is 1.67 bits per heavy atom. The number of aryl methyl sites for hydroxylation is 1. The fourth-order valence-electron chi connectivity index (χ4n) is 3.09. The number of aliphatic hydroxyl groups is 1. The third-order valence-corrected chi connectivity index (χ3v) is 4.33. The van der Waals surface area contributed by atoms with Gasteiger partial charge in [-0.25, -0.2) is 4.90 Å². The minimum atomic E-state index is -0.283. The summed E-state index contributed by atoms with van der Waals surface area (Å²) in [5.41, 5.74) is 3.30. The van der Waals surface area contributed by atoms with E-state index in [9.17, 15) is 9.59 Å². The van der Waals surface area contributed by atoms with Crippen LogP contribution >= 0.6 is 0 Å². The zero-order valence-corrected chi connectivity index (χ0v) is 13.8. The molecule has 0 saturated carbocycles. The van der Waals surface area contributed by atoms with Gasteiger partial charge in [0, 0.05) is 18.8 Å². The molecule has 0 radical (unpaired) electrons. The third kappa shape index (κ3) is 2.57. The second-order valence-electron chi connectivity index (χ2n) is 5.77. The van der Waals surface area contributed by atoms with Gasteiger partial charge in [0.15, 0.2) is 0 Å². The van der Waals surface area contributed by atoms with Crippen LogP contribution in [0.1, 0.15) is 33.2 Å². The highest BCUT2D eigenvalue weighted by molar-refractivity contribution is 6.34. The van der Waals surface area contributed by atoms with E-state index in [4.69, 9.17) is 5.11 Å². The number of aliphatic hydroxyl groups excluding tert-OH is 1. The molecule has 0 saturated heterocycles. The summed E-state index contributed by atoms with van der Waals surface area (Å²) in [4.78, 5) is 28.5. The van der Waals surface area contributed by atoms with E-state index in [1.807, 2.05) is 30.9 Å². The van der Waals surface area contributed by atoms with Crippen LogP contribution in [0, 0.1) is 6.92 Å². The van der Waals surface area contributed by atoms with Gasteiger partial charge in [-0.3, -0.25) is 9.59 Å². The number of likely N-dealkylation sites (N-methyl/N-ethyl adjacent to an activating group) is 1. The Morgan fingerprint density at radius 3 is 2.17 bits per heavy atom. The van der Waals surface area contributed by atoms with Crippen molar-refractivity contribution in [2.45, 2.75) is 13.8 Å². The molecular weight excluding hydrogens is 304 g/mol. The highest BCUT2D eigenvalue weighted by Gasteiger charge is 2.36. The van der Waals surface area contributed by atoms with Gasteiger partial charge in [-0.2, -0.15) is 0 Å². The van der Waals surface area contributed by atoms with Crippen LogP contribution in [0.4, 0.5) is 11.4 Å². The zero-order chi connectivity index (χ0) is 17.3. The lowest BCUT2D eigenvalue weighted by atomic mass is 10.1. The highest BCUT2D eigenvalue weighted by atomic mass is 16.3. The van der Waals surface area contributed by atoms with Crippen molar-refractivity contribution < 1.29 is 14.7 Å². The van der Waals surface area contributed by atoms with E-state index in [1.54, 1.807) is 30.3 Å². The minimum Gasteiger partial charge on any atom is -0.395 e. The standard InChI is InChI=1S/C19H20N2O3/c1-3-20(10-11-22)14-8-9-17(13(2)12-14)21-18(23)15-6-4-5-7-16(15)19(21)24/h4-9,12,22H,3,10-11H2,1-2H3. The monoisotopic (exact) mass is 324 g/mol. The number of rotatable bonds is 5. The summed E-state index contributed by atoms with van der Waals surface area (Å²) >= 11 is 0. The third-order valence-electron chi connectivity index (χ3n) is 4.33. The van der Waals surface area contributed by atoms with Crippen LogP contribution in [0.15, 0.2) is 42.5 Å². The number of nitrogens with zero attached hydrogens (tertiary/aromatic N) is 2. The molecule has 0 atom stereocenters. The number of amides is 2. The average molecular weight is 324 g/mol. The fourth-order valence-corrected chi connectivity index (χ4v) is 3.09. The largest absolute Gasteiger partial charge is 0.395 e. The Kier molecular flexibility index (Phi) is 4.36. The van der Waals surface area contributed by atoms with E-state index in [1.165, 1.54) is 4.90 Å². The van der Waals surface area contributed by atoms with Crippen molar-refractivity contribution in [2.75, 3.05) is 29.5 Å². The normalized spacial score (nSPS) is 13.4. The molecule has 2 aromatic carbocycles. The van der Waals surface area contributed by atoms with Crippen LogP contribution in [0.3, 0.4) is 0 Å². The van der Waals surface area contributed by atoms with Gasteiger partial charge < -0.3 is 10.0 Å². The van der Waals surface area contributed by atoms with Crippen LogP contribution in [0.5, 0.6) is 0 Å². The van der Waals surface area contributed by atoms with E-state index >= 15 is 0 Å². The van der Waals surface area contributed by atoms with Crippen molar-refractivity contribution in [2.24, 2.45) is 0 Å². The van der Waals surface area contributed by atoms with Gasteiger partial charge in [0.1, 0.15) is 0 Å². The smallest absolute Gasteiger partial charge is 0.266 e. The fraction of sp³-hybridized carbons (Fsp3) is 0.263. The number of imide groups is 1. The maximum absolute atomic E-state index is 12.6. The molecule has 1 heterocycles. The van der Waals surface area contributed by atoms with Crippen molar-refractivity contribution in [3.8, 4) is 0 Å². The average Bonchev–Trinajstić information content (AvgIpc) is 2.84. The SMILES string of the molecule is CCN(CCO)c1ccc(N2C(=O)c3ccccc3C2=O)c(C)c1. The lowest BCUT2D eigenvalue weighted by Crippen LogP contribution is -2.30. The molecule has 2 amide bonds. The lowest BCUT2D eigenvalue weighted by Gasteiger charge is -2.24. The zero-order valence-electron chi connectivity index (χ0n) is 13.8. The van der Waals surface area contributed by atoms with Crippen LogP contribution < -0.4 is 9.80 Å². The summed E-state index contributed by atoms with van der Waals surface area (Å²) < 4.78 is 0. The molecule has 5 heteroatoms. The first kappa shape index (κ1) is 16.2. The van der Waals surface area contributed by atoms with E-state index < -0.39 is 0 Å². The van der Waals surface area contributed by atoms with Crippen molar-refractivity contribution in [3.63, 3.8) is 0 Å². The number of carbonyl (C=O) groups is 2. The van der Waals surface area contributed by atoms with Crippen molar-refractivity contribution in [3.05, 3.63) is 59.2 Å². The van der Waals surface area contributed by atoms with E-state index in [2.05, 4.69) is 0 Å². The van der Waals surface area contributed by atoms with Crippen LogP contribution in [-0.4, -0.2) is 36.6 Å². The second kappa shape index (κ2) is 6.45. The summed E-state index contributed by atoms with van der Waals surface area (Å²) in [5.74, 6) is -0.566. The molecule has 1 aliphatic heterocycles. The molecule has 3 rings (SSSR count). The van der Waals surface area contributed by atoms with E-state index in [0.29, 0.717) is 23.4 Å². The van der Waals surface area contributed by atoms with Gasteiger partial charge in [-0.1, -0.05) is 12.1 Å². The Balaban J connectivity index is 1.97. The molecule has 1 N–H and O–H groups in total. The van der Waals surface area contributed by atoms with Gasteiger partial charge in [0.05, 0.1) is 23.4 Å². The van der Waals surface area contributed by atoms with E-state index in [0.717, 1.165) is 17.8 Å². The quantitative estimate of drug-likeness (QED) is 0.859. The Bertz CT molecular complexity index is 766. The first-order valence-corrected chi connectivity index (χ1v) is 8.02. The molecule has 124 valence electrons. The number of hydrogen-bond donors (Lipinski definition) is 1. The molecule has 5 nitrogen and oxygen atoms in total. The number of carbonyl (C=O) groups excluding carboxylic acids is 2. The molecule has 24 heavy (non-hydrogen) atoms. The first-order chi connectivity index (χ1) is 11.6. The van der Waals surface area contributed by atoms with Crippen molar-refractivity contribution >= 4 is 23.2 Å². The number of fused-ring (bicyclic) bond motifs is 1. The van der Waals surface area contributed by atoms with Crippen LogP contribution in [0.25, 0.3) is 0 Å². The molecule has 2 aromatic rings. The second-order valence-corrected chi connectivity index (χ2v) is 5.77. The minimum absolute atomic E-state index is 0.0764. The molecular formula is C19H20N2O3. The molecule has 0 spiro atoms. The number of benzene rings is 2. The molecule has 0 fully saturated rings. The van der Waals surface area contributed by atoms with Gasteiger partial charge >= 0.3 is 0 Å². The van der Waals surface area contributed by atoms with Gasteiger partial charge in [0.2, 0.25) is 0 Å². The van der Waals surface area contributed by atoms with Gasteiger partial charge in [-0.05, 0) is 49.7 Å². The first-order valence-electron chi connectivity index (χ1n) is 8.02. The van der Waals surface area contributed by atoms with Crippen LogP contribution in [-0.2, 0) is 0 Å². The Hall–Kier alpha value is -2.66. The summed E-state index contributed by atoms with van der Waals surface area (Å²) in [6, 6.07) is 12.5. The molecule has 0 bridgehead atoms. The predicted octanol–water partition coefficient (Wildman–Crippen LogP) is 2.61. The summed E-state index contributed by atoms with van der Waals surface area (Å²) in [5, 5.41) is 9.16. The Labute approximate surface area is 141 Å². The predicted molar refractivity (Wildman–Crippen MR) is 93.7 cm³/mol. The lowest BCUT2D eigenvalue weighted by molar-refractivity contribution is 0.0926.